The molecule has 1 aliphatic carbocycles. The van der Waals surface area contributed by atoms with Gasteiger partial charge in [0.25, 0.3) is 5.91 Å². The molecule has 11 nitrogen and oxygen atoms in total. The number of rotatable bonds is 9. The smallest absolute Gasteiger partial charge is 0.272 e. The molecular formula is C33H46N10O. The zero-order valence-corrected chi connectivity index (χ0v) is 26.5. The maximum atomic E-state index is 14.1. The fourth-order valence-corrected chi connectivity index (χ4v) is 7.26. The third kappa shape index (κ3) is 6.72. The van der Waals surface area contributed by atoms with E-state index in [1.807, 2.05) is 19.2 Å². The van der Waals surface area contributed by atoms with Gasteiger partial charge in [-0.15, -0.1) is 0 Å². The first kappa shape index (κ1) is 30.4. The van der Waals surface area contributed by atoms with Crippen LogP contribution in [0.25, 0.3) is 11.2 Å². The number of anilines is 1. The highest BCUT2D eigenvalue weighted by Gasteiger charge is 2.30. The van der Waals surface area contributed by atoms with E-state index in [0.29, 0.717) is 22.5 Å². The van der Waals surface area contributed by atoms with Gasteiger partial charge in [-0.1, -0.05) is 25.8 Å². The molecule has 6 rings (SSSR count). The number of hydrogen-bond acceptors (Lipinski definition) is 9. The number of imidazole rings is 1. The molecule has 1 aromatic carbocycles. The van der Waals surface area contributed by atoms with Crippen molar-refractivity contribution in [3.8, 4) is 6.07 Å². The normalized spacial score (nSPS) is 20.6. The zero-order valence-electron chi connectivity index (χ0n) is 26.5. The number of nitrogens with one attached hydrogen (secondary N) is 1. The van der Waals surface area contributed by atoms with E-state index in [1.54, 1.807) is 15.9 Å². The number of nitriles is 1. The minimum Gasteiger partial charge on any atom is -0.318 e. The van der Waals surface area contributed by atoms with Crippen molar-refractivity contribution in [1.82, 2.24) is 39.2 Å². The van der Waals surface area contributed by atoms with Gasteiger partial charge in [0.2, 0.25) is 5.82 Å². The molecule has 2 saturated heterocycles. The van der Waals surface area contributed by atoms with E-state index in [0.717, 1.165) is 70.7 Å². The summed E-state index contributed by atoms with van der Waals surface area (Å²) in [6, 6.07) is 8.29. The lowest BCUT2D eigenvalue weighted by Gasteiger charge is -2.38. The maximum Gasteiger partial charge on any atom is 0.272 e. The first-order valence-electron chi connectivity index (χ1n) is 16.4. The Kier molecular flexibility index (Phi) is 9.40. The monoisotopic (exact) mass is 598 g/mol. The number of carbonyl (C=O) groups is 1. The van der Waals surface area contributed by atoms with Gasteiger partial charge in [0, 0.05) is 58.4 Å². The SMILES string of the molecule is CCc1cc(C(=O)N(Nc2nc(C#N)nc3c2ncn3C)C2CCCC2)ccc1CN1CCN(CC2CCCN(C)C2)CC1. The van der Waals surface area contributed by atoms with E-state index in [4.69, 9.17) is 0 Å². The van der Waals surface area contributed by atoms with Crippen LogP contribution in [0, 0.1) is 17.2 Å². The number of nitrogens with zero attached hydrogens (tertiary/aromatic N) is 9. The average molecular weight is 599 g/mol. The average Bonchev–Trinajstić information content (AvgIpc) is 3.71. The second kappa shape index (κ2) is 13.6. The molecule has 234 valence electrons. The highest BCUT2D eigenvalue weighted by Crippen LogP contribution is 2.28. The number of piperazine rings is 1. The second-order valence-corrected chi connectivity index (χ2v) is 12.9. The van der Waals surface area contributed by atoms with Gasteiger partial charge < -0.3 is 14.4 Å². The lowest BCUT2D eigenvalue weighted by molar-refractivity contribution is 0.0731. The van der Waals surface area contributed by atoms with Crippen molar-refractivity contribution < 1.29 is 4.79 Å². The van der Waals surface area contributed by atoms with Gasteiger partial charge in [0.05, 0.1) is 12.4 Å². The van der Waals surface area contributed by atoms with Gasteiger partial charge >= 0.3 is 0 Å². The van der Waals surface area contributed by atoms with E-state index in [1.165, 1.54) is 43.6 Å². The molecule has 4 heterocycles. The van der Waals surface area contributed by atoms with Crippen molar-refractivity contribution in [2.24, 2.45) is 13.0 Å². The Hall–Kier alpha value is -3.59. The van der Waals surface area contributed by atoms with Crippen LogP contribution in [0.5, 0.6) is 0 Å². The van der Waals surface area contributed by atoms with Crippen LogP contribution in [0.15, 0.2) is 24.5 Å². The summed E-state index contributed by atoms with van der Waals surface area (Å²) in [5, 5.41) is 11.3. The molecular weight excluding hydrogens is 552 g/mol. The van der Waals surface area contributed by atoms with Crippen LogP contribution in [0.2, 0.25) is 0 Å². The Labute approximate surface area is 260 Å². The number of aryl methyl sites for hydroxylation is 2. The molecule has 3 aromatic rings. The van der Waals surface area contributed by atoms with E-state index >= 15 is 0 Å². The standard InChI is InChI=1S/C33H46N10O/c1-4-25-18-26(11-12-27(25)22-42-16-14-41(15-17-42)21-24-8-7-13-39(2)20-24)33(44)43(28-9-5-6-10-28)38-31-30-32(40(3)23-35-30)37-29(19-34)36-31/h11-12,18,23-24,28H,4-10,13-17,20-22H2,1-3H3,(H,36,37,38). The van der Waals surface area contributed by atoms with E-state index in [9.17, 15) is 10.1 Å². The summed E-state index contributed by atoms with van der Waals surface area (Å²) in [6.07, 6.45) is 9.19. The summed E-state index contributed by atoms with van der Waals surface area (Å²) in [4.78, 5) is 35.0. The highest BCUT2D eigenvalue weighted by molar-refractivity contribution is 5.96. The number of benzene rings is 1. The molecule has 2 aromatic heterocycles. The number of fused-ring (bicyclic) bond motifs is 1. The van der Waals surface area contributed by atoms with Crippen molar-refractivity contribution in [1.29, 1.82) is 5.26 Å². The summed E-state index contributed by atoms with van der Waals surface area (Å²) in [6.45, 7) is 11.2. The molecule has 1 saturated carbocycles. The van der Waals surface area contributed by atoms with Crippen LogP contribution in [-0.4, -0.2) is 104 Å². The van der Waals surface area contributed by atoms with E-state index in [2.05, 4.69) is 61.2 Å². The van der Waals surface area contributed by atoms with Crippen LogP contribution >= 0.6 is 0 Å². The zero-order chi connectivity index (χ0) is 30.6. The van der Waals surface area contributed by atoms with Gasteiger partial charge in [-0.3, -0.25) is 15.1 Å². The van der Waals surface area contributed by atoms with Crippen LogP contribution in [0.4, 0.5) is 5.82 Å². The lowest BCUT2D eigenvalue weighted by Crippen LogP contribution is -2.49. The summed E-state index contributed by atoms with van der Waals surface area (Å²) in [7, 11) is 4.08. The van der Waals surface area contributed by atoms with Crippen molar-refractivity contribution in [2.45, 2.75) is 64.5 Å². The Morgan fingerprint density at radius 2 is 1.80 bits per heavy atom. The topological polar surface area (TPSA) is 109 Å². The molecule has 0 bridgehead atoms. The molecule has 1 N–H and O–H groups in total. The van der Waals surface area contributed by atoms with E-state index < -0.39 is 0 Å². The molecule has 2 aliphatic heterocycles. The number of carbonyl (C=O) groups excluding carboxylic acids is 1. The van der Waals surface area contributed by atoms with Gasteiger partial charge in [-0.2, -0.15) is 15.2 Å². The molecule has 1 amide bonds. The number of amides is 1. The molecule has 3 aliphatic rings. The third-order valence-electron chi connectivity index (χ3n) is 9.73. The molecule has 11 heteroatoms. The maximum absolute atomic E-state index is 14.1. The Morgan fingerprint density at radius 1 is 1.02 bits per heavy atom. The first-order valence-corrected chi connectivity index (χ1v) is 16.4. The lowest BCUT2D eigenvalue weighted by atomic mass is 9.97. The predicted molar refractivity (Wildman–Crippen MR) is 171 cm³/mol. The molecule has 44 heavy (non-hydrogen) atoms. The van der Waals surface area contributed by atoms with Gasteiger partial charge in [0.1, 0.15) is 6.07 Å². The fraction of sp³-hybridized carbons (Fsp3) is 0.606. The third-order valence-corrected chi connectivity index (χ3v) is 9.73. The molecule has 0 radical (unpaired) electrons. The number of piperidine rings is 1. The fourth-order valence-electron chi connectivity index (χ4n) is 7.26. The first-order chi connectivity index (χ1) is 21.4. The quantitative estimate of drug-likeness (QED) is 0.369. The second-order valence-electron chi connectivity index (χ2n) is 12.9. The van der Waals surface area contributed by atoms with Crippen LogP contribution in [0.1, 0.15) is 72.8 Å². The number of hydrogen-bond donors (Lipinski definition) is 1. The molecule has 1 unspecified atom stereocenters. The molecule has 1 atom stereocenters. The van der Waals surface area contributed by atoms with Gasteiger partial charge in [0.15, 0.2) is 17.0 Å². The van der Waals surface area contributed by atoms with Crippen molar-refractivity contribution in [3.63, 3.8) is 0 Å². The molecule has 3 fully saturated rings. The van der Waals surface area contributed by atoms with Crippen LogP contribution < -0.4 is 5.43 Å². The minimum atomic E-state index is -0.0821. The Balaban J connectivity index is 1.15. The van der Waals surface area contributed by atoms with Crippen molar-refractivity contribution in [2.75, 3.05) is 58.3 Å². The summed E-state index contributed by atoms with van der Waals surface area (Å²) in [5.74, 6) is 1.14. The Bertz CT molecular complexity index is 1500. The van der Waals surface area contributed by atoms with Crippen molar-refractivity contribution in [3.05, 3.63) is 47.0 Å². The van der Waals surface area contributed by atoms with Crippen LogP contribution in [0.3, 0.4) is 0 Å². The predicted octanol–water partition coefficient (Wildman–Crippen LogP) is 3.67. The summed E-state index contributed by atoms with van der Waals surface area (Å²) >= 11 is 0. The van der Waals surface area contributed by atoms with E-state index in [-0.39, 0.29) is 17.8 Å². The van der Waals surface area contributed by atoms with Crippen molar-refractivity contribution >= 4 is 22.9 Å². The molecule has 0 spiro atoms. The highest BCUT2D eigenvalue weighted by atomic mass is 16.2. The largest absolute Gasteiger partial charge is 0.318 e. The van der Waals surface area contributed by atoms with Crippen LogP contribution in [-0.2, 0) is 20.0 Å². The summed E-state index contributed by atoms with van der Waals surface area (Å²) in [5.41, 5.74) is 7.57. The van der Waals surface area contributed by atoms with Gasteiger partial charge in [-0.25, -0.2) is 9.99 Å². The minimum absolute atomic E-state index is 0.0387. The number of likely N-dealkylation sites (tertiary alicyclic amines) is 1. The Morgan fingerprint density at radius 3 is 2.52 bits per heavy atom. The number of aromatic nitrogens is 4. The summed E-state index contributed by atoms with van der Waals surface area (Å²) < 4.78 is 1.76. The van der Waals surface area contributed by atoms with Gasteiger partial charge in [-0.05, 0) is 74.9 Å². The number of hydrazine groups is 1.